The summed E-state index contributed by atoms with van der Waals surface area (Å²) in [7, 11) is 5.60. The molecule has 18 heteroatoms. The molecule has 564 valence electrons. The lowest BCUT2D eigenvalue weighted by Crippen LogP contribution is -2.38. The number of hydrogen-bond donors (Lipinski definition) is 3. The summed E-state index contributed by atoms with van der Waals surface area (Å²) in [5, 5.41) is 10.5. The minimum absolute atomic E-state index is 0.00338. The molecule has 0 saturated heterocycles. The Bertz CT molecular complexity index is 3210. The number of unbranched alkanes of at least 4 members (excludes halogenated alkanes) is 1. The molecule has 3 N–H and O–H groups in total. The molecule has 5 rings (SSSR count). The molecule has 4 aromatic rings. The molecule has 1 aliphatic rings. The second kappa shape index (κ2) is 37.5. The molecule has 0 radical (unpaired) electrons. The normalized spacial score (nSPS) is 13.1. The highest BCUT2D eigenvalue weighted by molar-refractivity contribution is 7.14. The first-order chi connectivity index (χ1) is 43.8. The van der Waals surface area contributed by atoms with Crippen molar-refractivity contribution in [2.45, 2.75) is 304 Å². The zero-order chi connectivity index (χ0) is 78.8. The zero-order valence-corrected chi connectivity index (χ0v) is 71.3. The van der Waals surface area contributed by atoms with Crippen LogP contribution in [0.15, 0.2) is 47.5 Å². The standard InChI is InChI=1S/C14H24N2O.C13H23N3O.C13H26O.C11H23NO.C10H13ClOS.C10H16N2O.C10H15NO/c1-13(2,3)12(17)11-8-10(9-16(11)7)15-14(4,5)6;1-12(2,3)10(17)11-14-9(8-16(11)7)15-13(4,5)6;1-12(2,3)10-8-7-9-11(14)13(4,5)6;1-10(2,3)9(13)7-8-12-11(4,5)6;1-6-5-7(11)8(13-6)9(12)10(2,3)4;1-7-6-12(5)9(11-7)8(13)10(2,3)4;1-7-5-6-8(11-7)9(12)10(2,3)4/h8-9,15H,1-7H3;8,15H,1-7H3;7-10H2,1-6H3;12H,7-8H2,1-6H3;5H,1-4H3;6H,1-5H3;5H,6H2,1-4H3. The number of nitrogens with zero attached hydrogens (tertiary/aromatic N) is 6. The smallest absolute Gasteiger partial charge is 0.203 e. The van der Waals surface area contributed by atoms with Crippen molar-refractivity contribution in [3.05, 3.63) is 80.3 Å². The van der Waals surface area contributed by atoms with Gasteiger partial charge in [-0.2, -0.15) is 0 Å². The van der Waals surface area contributed by atoms with Crippen LogP contribution < -0.4 is 16.0 Å². The molecule has 0 unspecified atom stereocenters. The number of hydrogen-bond acceptors (Lipinski definition) is 14. The Balaban J connectivity index is 0. The lowest BCUT2D eigenvalue weighted by atomic mass is 9.85. The number of imidazole rings is 2. The van der Waals surface area contributed by atoms with E-state index in [1.165, 1.54) is 24.2 Å². The summed E-state index contributed by atoms with van der Waals surface area (Å²) >= 11 is 7.40. The largest absolute Gasteiger partial charge is 0.379 e. The van der Waals surface area contributed by atoms with Crippen molar-refractivity contribution in [3.63, 3.8) is 0 Å². The van der Waals surface area contributed by atoms with Crippen molar-refractivity contribution < 1.29 is 33.6 Å². The van der Waals surface area contributed by atoms with E-state index in [1.807, 2.05) is 229 Å². The predicted octanol–water partition coefficient (Wildman–Crippen LogP) is 21.2. The Morgan fingerprint density at radius 1 is 0.475 bits per heavy atom. The minimum atomic E-state index is -0.405. The summed E-state index contributed by atoms with van der Waals surface area (Å²) in [6.45, 7) is 72.7. The van der Waals surface area contributed by atoms with Crippen LogP contribution in [-0.4, -0.2) is 93.0 Å². The first kappa shape index (κ1) is 95.4. The number of nitrogens with one attached hydrogen (secondary N) is 3. The van der Waals surface area contributed by atoms with E-state index in [2.05, 4.69) is 114 Å². The molecule has 0 bridgehead atoms. The molecular weight excluding hydrogens is 1280 g/mol. The molecule has 0 aliphatic carbocycles. The van der Waals surface area contributed by atoms with Crippen LogP contribution in [0.3, 0.4) is 0 Å². The van der Waals surface area contributed by atoms with E-state index < -0.39 is 5.41 Å². The number of rotatable bonds is 14. The predicted molar refractivity (Wildman–Crippen MR) is 422 cm³/mol. The number of anilines is 2. The van der Waals surface area contributed by atoms with Crippen LogP contribution in [0, 0.1) is 57.2 Å². The van der Waals surface area contributed by atoms with Gasteiger partial charge < -0.3 is 29.7 Å². The summed E-state index contributed by atoms with van der Waals surface area (Å²) in [6.07, 6.45) is 13.2. The number of carbonyl (C=O) groups excluding carboxylic acids is 7. The number of carbonyl (C=O) groups is 7. The Kier molecular flexibility index (Phi) is 36.1. The van der Waals surface area contributed by atoms with Crippen molar-refractivity contribution in [2.75, 3.05) is 17.2 Å². The SMILES string of the molecule is CC(C)(C)CCCCC(=O)C(C)(C)C.CC(C)(C)NCCC(=O)C(C)(C)C.CC1=CCC(C(=O)C(C)(C)C)=N1.Cc1cc(Cl)c(C(=O)C(C)(C)C)s1.Cc1cn(C)c(C(=O)C(C)(C)C)n1.Cn1cc(NC(C)(C)C)cc1C(=O)C(C)(C)C.Cn1cc(NC(C)(C)C)nc1C(=O)C(C)(C)C. The van der Waals surface area contributed by atoms with Crippen molar-refractivity contribution in [3.8, 4) is 0 Å². The number of aryl methyl sites for hydroxylation is 5. The first-order valence-corrected chi connectivity index (χ1v) is 36.3. The van der Waals surface area contributed by atoms with Crippen LogP contribution in [0.2, 0.25) is 5.02 Å². The summed E-state index contributed by atoms with van der Waals surface area (Å²) in [6, 6.07) is 3.77. The summed E-state index contributed by atoms with van der Waals surface area (Å²) in [4.78, 5) is 97.3. The average Bonchev–Trinajstić information content (AvgIpc) is 1.71. The van der Waals surface area contributed by atoms with Gasteiger partial charge in [0.1, 0.15) is 17.4 Å². The number of ketones is 7. The molecule has 4 aromatic heterocycles. The van der Waals surface area contributed by atoms with Gasteiger partial charge in [0.2, 0.25) is 11.6 Å². The molecule has 5 heterocycles. The second-order valence-electron chi connectivity index (χ2n) is 37.9. The Hall–Kier alpha value is -5.65. The second-order valence-corrected chi connectivity index (χ2v) is 39.6. The lowest BCUT2D eigenvalue weighted by molar-refractivity contribution is -0.127. The van der Waals surface area contributed by atoms with E-state index in [-0.39, 0.29) is 78.0 Å². The molecule has 0 aromatic carbocycles. The summed E-state index contributed by atoms with van der Waals surface area (Å²) in [5.74, 6) is 3.11. The fourth-order valence-corrected chi connectivity index (χ4v) is 10.1. The van der Waals surface area contributed by atoms with Gasteiger partial charge in [0.05, 0.1) is 32.7 Å². The van der Waals surface area contributed by atoms with Crippen molar-refractivity contribution in [1.29, 1.82) is 0 Å². The minimum Gasteiger partial charge on any atom is -0.379 e. The van der Waals surface area contributed by atoms with Crippen molar-refractivity contribution in [1.82, 2.24) is 29.0 Å². The number of aliphatic imine (C=N–C) groups is 1. The van der Waals surface area contributed by atoms with Gasteiger partial charge in [-0.15, -0.1) is 11.3 Å². The molecule has 0 amide bonds. The van der Waals surface area contributed by atoms with Crippen LogP contribution in [0.5, 0.6) is 0 Å². The maximum atomic E-state index is 12.2. The quantitative estimate of drug-likeness (QED) is 0.0796. The highest BCUT2D eigenvalue weighted by Gasteiger charge is 2.32. The molecule has 99 heavy (non-hydrogen) atoms. The van der Waals surface area contributed by atoms with E-state index in [0.29, 0.717) is 57.1 Å². The van der Waals surface area contributed by atoms with Gasteiger partial charge in [-0.05, 0) is 113 Å². The van der Waals surface area contributed by atoms with Gasteiger partial charge in [-0.1, -0.05) is 190 Å². The van der Waals surface area contributed by atoms with E-state index >= 15 is 0 Å². The molecule has 0 saturated carbocycles. The lowest BCUT2D eigenvalue weighted by Gasteiger charge is -2.22. The maximum Gasteiger partial charge on any atom is 0.203 e. The highest BCUT2D eigenvalue weighted by Crippen LogP contribution is 2.33. The van der Waals surface area contributed by atoms with Crippen molar-refractivity contribution >= 4 is 80.6 Å². The van der Waals surface area contributed by atoms with Gasteiger partial charge in [-0.25, -0.2) is 9.97 Å². The topological polar surface area (TPSA) is 209 Å². The summed E-state index contributed by atoms with van der Waals surface area (Å²) in [5.41, 5.74) is 2.67. The third-order valence-electron chi connectivity index (χ3n) is 14.4. The van der Waals surface area contributed by atoms with Crippen LogP contribution in [0.25, 0.3) is 0 Å². The third kappa shape index (κ3) is 39.4. The van der Waals surface area contributed by atoms with E-state index in [4.69, 9.17) is 11.6 Å². The zero-order valence-electron chi connectivity index (χ0n) is 69.7. The molecule has 0 atom stereocenters. The van der Waals surface area contributed by atoms with Crippen LogP contribution >= 0.6 is 22.9 Å². The van der Waals surface area contributed by atoms with E-state index in [9.17, 15) is 33.6 Å². The van der Waals surface area contributed by atoms with Crippen LogP contribution in [0.4, 0.5) is 11.5 Å². The summed E-state index contributed by atoms with van der Waals surface area (Å²) < 4.78 is 5.45. The fourth-order valence-electron chi connectivity index (χ4n) is 8.64. The number of thiophene rings is 1. The average molecular weight is 1420 g/mol. The van der Waals surface area contributed by atoms with E-state index in [1.54, 1.807) is 9.13 Å². The molecule has 0 fully saturated rings. The Labute approximate surface area is 611 Å². The first-order valence-electron chi connectivity index (χ1n) is 35.1. The number of halogens is 1. The third-order valence-corrected chi connectivity index (χ3v) is 15.8. The Morgan fingerprint density at radius 2 is 0.899 bits per heavy atom. The van der Waals surface area contributed by atoms with E-state index in [0.717, 1.165) is 52.9 Å². The van der Waals surface area contributed by atoms with Gasteiger partial charge >= 0.3 is 0 Å². The molecule has 1 aliphatic heterocycles. The highest BCUT2D eigenvalue weighted by atomic mass is 35.5. The van der Waals surface area contributed by atoms with Gasteiger partial charge in [0.25, 0.3) is 0 Å². The molecule has 16 nitrogen and oxygen atoms in total. The molecular formula is C81H140ClN9O7S. The van der Waals surface area contributed by atoms with Crippen molar-refractivity contribution in [2.24, 2.45) is 69.5 Å². The molecule has 0 spiro atoms. The number of aromatic nitrogens is 5. The number of allylic oxidation sites excluding steroid dienone is 2. The van der Waals surface area contributed by atoms with Gasteiger partial charge in [-0.3, -0.25) is 38.6 Å². The monoisotopic (exact) mass is 1420 g/mol. The van der Waals surface area contributed by atoms with Gasteiger partial charge in [0.15, 0.2) is 29.0 Å². The number of Topliss-reactive ketones (excluding diaryl/α,β-unsaturated/α-hetero) is 7. The van der Waals surface area contributed by atoms with Crippen LogP contribution in [-0.2, 0) is 35.5 Å². The van der Waals surface area contributed by atoms with Crippen LogP contribution in [0.1, 0.15) is 326 Å². The Morgan fingerprint density at radius 3 is 1.24 bits per heavy atom. The van der Waals surface area contributed by atoms with Gasteiger partial charge in [0, 0.05) is 131 Å². The maximum absolute atomic E-state index is 12.2. The fraction of sp³-hybridized carbons (Fsp3) is 0.704.